The van der Waals surface area contributed by atoms with Gasteiger partial charge in [0.15, 0.2) is 0 Å². The van der Waals surface area contributed by atoms with Crippen molar-refractivity contribution < 1.29 is 0 Å². The third-order valence-corrected chi connectivity index (χ3v) is 1.74. The second-order valence-electron chi connectivity index (χ2n) is 1.57. The van der Waals surface area contributed by atoms with Gasteiger partial charge in [-0.3, -0.25) is 5.01 Å². The van der Waals surface area contributed by atoms with Crippen LogP contribution in [0.25, 0.3) is 0 Å². The Hall–Kier alpha value is -0.0600. The molecule has 0 amide bonds. The first-order valence-electron chi connectivity index (χ1n) is 2.48. The predicted molar refractivity (Wildman–Crippen MR) is 40.2 cm³/mol. The van der Waals surface area contributed by atoms with Gasteiger partial charge in [-0.15, -0.1) is 17.1 Å². The predicted octanol–water partition coefficient (Wildman–Crippen LogP) is 0.969. The van der Waals surface area contributed by atoms with E-state index in [1.54, 1.807) is 0 Å². The number of hydrogen-bond donors (Lipinski definition) is 1. The van der Waals surface area contributed by atoms with E-state index in [9.17, 15) is 0 Å². The lowest BCUT2D eigenvalue weighted by atomic mass is 10.9. The van der Waals surface area contributed by atoms with Crippen LogP contribution in [0.4, 0.5) is 0 Å². The zero-order chi connectivity index (χ0) is 6.69. The summed E-state index contributed by atoms with van der Waals surface area (Å²) >= 11 is 6.96. The molecule has 0 saturated heterocycles. The van der Waals surface area contributed by atoms with Crippen molar-refractivity contribution in [3.05, 3.63) is 12.4 Å². The molecule has 0 aliphatic carbocycles. The van der Waals surface area contributed by atoms with Gasteiger partial charge in [-0.25, -0.2) is 4.41 Å². The highest BCUT2D eigenvalue weighted by molar-refractivity contribution is 7.98. The zero-order valence-corrected chi connectivity index (χ0v) is 6.61. The normalized spacial score (nSPS) is 17.6. The first-order chi connectivity index (χ1) is 4.33. The summed E-state index contributed by atoms with van der Waals surface area (Å²) < 4.78 is 1.84. The van der Waals surface area contributed by atoms with Gasteiger partial charge in [0.25, 0.3) is 0 Å². The zero-order valence-electron chi connectivity index (χ0n) is 5.04. The van der Waals surface area contributed by atoms with E-state index in [1.165, 1.54) is 11.9 Å². The summed E-state index contributed by atoms with van der Waals surface area (Å²) in [4.78, 5) is 0. The van der Waals surface area contributed by atoms with Crippen molar-refractivity contribution in [2.75, 3.05) is 12.3 Å². The average molecular weight is 166 g/mol. The van der Waals surface area contributed by atoms with Gasteiger partial charge >= 0.3 is 0 Å². The average Bonchev–Trinajstić information content (AvgIpc) is 2.17. The van der Waals surface area contributed by atoms with Crippen molar-refractivity contribution >= 4 is 23.5 Å². The molecule has 1 N–H and O–H groups in total. The summed E-state index contributed by atoms with van der Waals surface area (Å²) in [7, 11) is 1.92. The number of hydrogen-bond acceptors (Lipinski definition) is 4. The SMILES string of the molecule is CN1C=CN(SCCl)N1. The summed E-state index contributed by atoms with van der Waals surface area (Å²) in [6.07, 6.45) is 3.83. The summed E-state index contributed by atoms with van der Waals surface area (Å²) in [6, 6.07) is 0. The molecular weight excluding hydrogens is 158 g/mol. The van der Waals surface area contributed by atoms with Gasteiger partial charge in [0.2, 0.25) is 0 Å². The fourth-order valence-corrected chi connectivity index (χ4v) is 1.25. The van der Waals surface area contributed by atoms with E-state index in [0.717, 1.165) is 0 Å². The molecule has 1 heterocycles. The second kappa shape index (κ2) is 3.20. The molecule has 52 valence electrons. The molecule has 0 unspecified atom stereocenters. The quantitative estimate of drug-likeness (QED) is 0.485. The van der Waals surface area contributed by atoms with Crippen LogP contribution in [0.1, 0.15) is 0 Å². The van der Waals surface area contributed by atoms with Crippen molar-refractivity contribution in [2.45, 2.75) is 0 Å². The number of nitrogens with one attached hydrogen (secondary N) is 1. The third-order valence-electron chi connectivity index (χ3n) is 0.870. The minimum atomic E-state index is 0.561. The van der Waals surface area contributed by atoms with Crippen LogP contribution in [0.15, 0.2) is 12.4 Å². The van der Waals surface area contributed by atoms with Crippen LogP contribution in [0, 0.1) is 0 Å². The molecule has 0 atom stereocenters. The lowest BCUT2D eigenvalue weighted by molar-refractivity contribution is 0.255. The van der Waals surface area contributed by atoms with Gasteiger partial charge in [0.05, 0.1) is 5.21 Å². The number of rotatable bonds is 2. The van der Waals surface area contributed by atoms with Gasteiger partial charge < -0.3 is 0 Å². The molecule has 9 heavy (non-hydrogen) atoms. The Morgan fingerprint density at radius 3 is 2.89 bits per heavy atom. The standard InChI is InChI=1S/C4H8ClN3S/c1-7-2-3-8(6-7)9-4-5/h2-3,6H,4H2,1H3. The minimum Gasteiger partial charge on any atom is -0.299 e. The van der Waals surface area contributed by atoms with Crippen molar-refractivity contribution in [1.29, 1.82) is 0 Å². The summed E-state index contributed by atoms with van der Waals surface area (Å²) in [5.74, 6) is 0. The molecular formula is C4H8ClN3S. The Bertz CT molecular complexity index is 118. The molecule has 0 aromatic carbocycles. The molecule has 0 spiro atoms. The van der Waals surface area contributed by atoms with E-state index < -0.39 is 0 Å². The van der Waals surface area contributed by atoms with Crippen LogP contribution in [0.2, 0.25) is 0 Å². The Balaban J connectivity index is 2.24. The van der Waals surface area contributed by atoms with E-state index in [0.29, 0.717) is 5.21 Å². The van der Waals surface area contributed by atoms with Crippen molar-refractivity contribution in [3.63, 3.8) is 0 Å². The fraction of sp³-hybridized carbons (Fsp3) is 0.500. The third kappa shape index (κ3) is 1.97. The molecule has 0 saturated carbocycles. The maximum atomic E-state index is 5.46. The van der Waals surface area contributed by atoms with E-state index in [2.05, 4.69) is 5.53 Å². The molecule has 0 aromatic heterocycles. The van der Waals surface area contributed by atoms with Gasteiger partial charge in [-0.2, -0.15) is 0 Å². The molecule has 0 radical (unpaired) electrons. The Morgan fingerprint density at radius 2 is 2.44 bits per heavy atom. The Morgan fingerprint density at radius 1 is 1.67 bits per heavy atom. The minimum absolute atomic E-state index is 0.561. The van der Waals surface area contributed by atoms with Crippen LogP contribution < -0.4 is 5.53 Å². The molecule has 0 aromatic rings. The van der Waals surface area contributed by atoms with E-state index in [4.69, 9.17) is 11.6 Å². The summed E-state index contributed by atoms with van der Waals surface area (Å²) in [5, 5.41) is 2.41. The van der Waals surface area contributed by atoms with E-state index in [1.807, 2.05) is 28.9 Å². The van der Waals surface area contributed by atoms with Crippen molar-refractivity contribution in [1.82, 2.24) is 15.0 Å². The maximum absolute atomic E-state index is 5.46. The monoisotopic (exact) mass is 165 g/mol. The Labute approximate surface area is 63.7 Å². The molecule has 1 rings (SSSR count). The highest BCUT2D eigenvalue weighted by atomic mass is 35.5. The van der Waals surface area contributed by atoms with E-state index in [-0.39, 0.29) is 0 Å². The van der Waals surface area contributed by atoms with Crippen molar-refractivity contribution in [3.8, 4) is 0 Å². The Kier molecular flexibility index (Phi) is 2.50. The number of nitrogens with zero attached hydrogens (tertiary/aromatic N) is 2. The van der Waals surface area contributed by atoms with Gasteiger partial charge in [-0.1, -0.05) is 0 Å². The molecule has 1 aliphatic heterocycles. The van der Waals surface area contributed by atoms with Crippen LogP contribution in [0.5, 0.6) is 0 Å². The number of hydrazine groups is 2. The first-order valence-corrected chi connectivity index (χ1v) is 3.96. The first kappa shape index (κ1) is 7.05. The van der Waals surface area contributed by atoms with Crippen LogP contribution in [-0.2, 0) is 0 Å². The molecule has 5 heteroatoms. The van der Waals surface area contributed by atoms with Gasteiger partial charge in [-0.05, 0) is 11.9 Å². The van der Waals surface area contributed by atoms with Crippen molar-refractivity contribution in [2.24, 2.45) is 0 Å². The van der Waals surface area contributed by atoms with Crippen LogP contribution in [0.3, 0.4) is 0 Å². The summed E-state index contributed by atoms with van der Waals surface area (Å²) in [6.45, 7) is 0. The van der Waals surface area contributed by atoms with Crippen LogP contribution in [-0.4, -0.2) is 21.7 Å². The smallest absolute Gasteiger partial charge is 0.0894 e. The second-order valence-corrected chi connectivity index (χ2v) is 3.10. The summed E-state index contributed by atoms with van der Waals surface area (Å²) in [5.41, 5.74) is 2.99. The highest BCUT2D eigenvalue weighted by Crippen LogP contribution is 2.12. The topological polar surface area (TPSA) is 18.5 Å². The van der Waals surface area contributed by atoms with E-state index >= 15 is 0 Å². The number of halogens is 1. The van der Waals surface area contributed by atoms with Crippen LogP contribution >= 0.6 is 23.5 Å². The molecule has 3 nitrogen and oxygen atoms in total. The molecule has 1 aliphatic rings. The highest BCUT2D eigenvalue weighted by Gasteiger charge is 2.05. The number of alkyl halides is 1. The molecule has 0 fully saturated rings. The largest absolute Gasteiger partial charge is 0.299 e. The lowest BCUT2D eigenvalue weighted by Gasteiger charge is -2.15. The fourth-order valence-electron chi connectivity index (χ4n) is 0.507. The van der Waals surface area contributed by atoms with Gasteiger partial charge in [0, 0.05) is 19.4 Å². The molecule has 0 bridgehead atoms. The maximum Gasteiger partial charge on any atom is 0.0894 e. The lowest BCUT2D eigenvalue weighted by Crippen LogP contribution is -2.32. The van der Waals surface area contributed by atoms with Gasteiger partial charge in [0.1, 0.15) is 0 Å².